The van der Waals surface area contributed by atoms with Crippen molar-refractivity contribution in [1.82, 2.24) is 10.3 Å². The lowest BCUT2D eigenvalue weighted by Gasteiger charge is -2.21. The molecule has 4 rings (SSSR count). The number of carbonyl (C=O) groups excluding carboxylic acids is 1. The molecule has 0 radical (unpaired) electrons. The molecule has 35 heavy (non-hydrogen) atoms. The van der Waals surface area contributed by atoms with E-state index in [0.717, 1.165) is 49.3 Å². The molecule has 0 atom stereocenters. The molecule has 2 heterocycles. The van der Waals surface area contributed by atoms with Gasteiger partial charge in [0.15, 0.2) is 5.13 Å². The number of fused-ring (bicyclic) bond motifs is 1. The van der Waals surface area contributed by atoms with Crippen LogP contribution in [0.1, 0.15) is 39.5 Å². The molecule has 188 valence electrons. The number of hydrogen-bond donors (Lipinski definition) is 3. The molecule has 0 unspecified atom stereocenters. The first-order valence-electron chi connectivity index (χ1n) is 12.0. The number of piperidine rings is 1. The molecule has 2 aromatic carbocycles. The highest BCUT2D eigenvalue weighted by Crippen LogP contribution is 2.31. The maximum absolute atomic E-state index is 12.8. The number of benzene rings is 2. The largest absolute Gasteiger partial charge is 0.385 e. The van der Waals surface area contributed by atoms with E-state index < -0.39 is 10.1 Å². The number of anilines is 2. The van der Waals surface area contributed by atoms with E-state index in [9.17, 15) is 13.2 Å². The molecule has 1 amide bonds. The summed E-state index contributed by atoms with van der Waals surface area (Å²) in [5, 5.41) is 9.97. The van der Waals surface area contributed by atoms with Crippen LogP contribution in [0.5, 0.6) is 5.75 Å². The Morgan fingerprint density at radius 3 is 2.63 bits per heavy atom. The zero-order chi connectivity index (χ0) is 24.8. The second kappa shape index (κ2) is 11.4. The molecular weight excluding hydrogens is 484 g/mol. The van der Waals surface area contributed by atoms with Crippen molar-refractivity contribution >= 4 is 48.4 Å². The first kappa shape index (κ1) is 25.4. The molecule has 0 saturated carbocycles. The lowest BCUT2D eigenvalue weighted by molar-refractivity contribution is -0.116. The van der Waals surface area contributed by atoms with Crippen LogP contribution in [0.25, 0.3) is 10.2 Å². The van der Waals surface area contributed by atoms with E-state index in [1.807, 2.05) is 0 Å². The molecule has 3 N–H and O–H groups in total. The van der Waals surface area contributed by atoms with E-state index >= 15 is 0 Å². The highest BCUT2D eigenvalue weighted by Gasteiger charge is 2.18. The van der Waals surface area contributed by atoms with Crippen LogP contribution < -0.4 is 20.1 Å². The van der Waals surface area contributed by atoms with Gasteiger partial charge in [-0.25, -0.2) is 4.98 Å². The third-order valence-electron chi connectivity index (χ3n) is 5.91. The zero-order valence-corrected chi connectivity index (χ0v) is 21.7. The molecule has 0 aliphatic carbocycles. The standard InChI is InChI=1S/C25H32N4O4S2/c1-17(2)16-27-19-4-7-21(8-5-19)35(31,32)33-20-6-9-22-23(15-20)34-25(28-22)29-24(30)10-3-18-11-13-26-14-12-18/h4-9,15,17-18,26-27H,3,10-14,16H2,1-2H3,(H,28,29,30). The van der Waals surface area contributed by atoms with Gasteiger partial charge in [0.25, 0.3) is 0 Å². The average molecular weight is 517 g/mol. The van der Waals surface area contributed by atoms with Crippen molar-refractivity contribution in [2.75, 3.05) is 30.3 Å². The Labute approximate surface area is 210 Å². The minimum absolute atomic E-state index is 0.0482. The Balaban J connectivity index is 1.37. The number of hydrogen-bond acceptors (Lipinski definition) is 8. The minimum Gasteiger partial charge on any atom is -0.385 e. The van der Waals surface area contributed by atoms with Gasteiger partial charge in [0.05, 0.1) is 10.2 Å². The Morgan fingerprint density at radius 2 is 1.91 bits per heavy atom. The van der Waals surface area contributed by atoms with Crippen molar-refractivity contribution in [3.63, 3.8) is 0 Å². The first-order chi connectivity index (χ1) is 16.8. The van der Waals surface area contributed by atoms with Crippen molar-refractivity contribution in [1.29, 1.82) is 0 Å². The molecule has 1 aliphatic rings. The fourth-order valence-corrected chi connectivity index (χ4v) is 5.77. The average Bonchev–Trinajstić information content (AvgIpc) is 3.23. The van der Waals surface area contributed by atoms with Crippen molar-refractivity contribution in [2.45, 2.75) is 44.4 Å². The Hall–Kier alpha value is -2.69. The number of thiazole rings is 1. The zero-order valence-electron chi connectivity index (χ0n) is 20.0. The summed E-state index contributed by atoms with van der Waals surface area (Å²) in [6.45, 7) is 7.05. The first-order valence-corrected chi connectivity index (χ1v) is 14.2. The predicted molar refractivity (Wildman–Crippen MR) is 141 cm³/mol. The summed E-state index contributed by atoms with van der Waals surface area (Å²) in [6, 6.07) is 11.4. The summed E-state index contributed by atoms with van der Waals surface area (Å²) in [5.74, 6) is 1.23. The van der Waals surface area contributed by atoms with Crippen molar-refractivity contribution in [3.8, 4) is 5.75 Å². The molecule has 1 fully saturated rings. The summed E-state index contributed by atoms with van der Waals surface area (Å²) in [7, 11) is -3.98. The highest BCUT2D eigenvalue weighted by atomic mass is 32.2. The SMILES string of the molecule is CC(C)CNc1ccc(S(=O)(=O)Oc2ccc3nc(NC(=O)CCC4CCNCC4)sc3c2)cc1. The van der Waals surface area contributed by atoms with Crippen LogP contribution in [-0.2, 0) is 14.9 Å². The van der Waals surface area contributed by atoms with Crippen LogP contribution >= 0.6 is 11.3 Å². The summed E-state index contributed by atoms with van der Waals surface area (Å²) in [6.07, 6.45) is 3.57. The Kier molecular flexibility index (Phi) is 8.25. The van der Waals surface area contributed by atoms with Crippen molar-refractivity contribution < 1.29 is 17.4 Å². The molecule has 8 nitrogen and oxygen atoms in total. The van der Waals surface area contributed by atoms with E-state index in [2.05, 4.69) is 34.8 Å². The van der Waals surface area contributed by atoms with Gasteiger partial charge in [-0.15, -0.1) is 0 Å². The third kappa shape index (κ3) is 7.16. The molecule has 1 saturated heterocycles. The van der Waals surface area contributed by atoms with Gasteiger partial charge in [-0.05, 0) is 80.6 Å². The van der Waals surface area contributed by atoms with Gasteiger partial charge in [0, 0.05) is 24.7 Å². The maximum Gasteiger partial charge on any atom is 0.339 e. The normalized spacial score (nSPS) is 14.8. The molecular formula is C25H32N4O4S2. The smallest absolute Gasteiger partial charge is 0.339 e. The predicted octanol–water partition coefficient (Wildman–Crippen LogP) is 4.85. The molecule has 0 spiro atoms. The van der Waals surface area contributed by atoms with Crippen molar-refractivity contribution in [3.05, 3.63) is 42.5 Å². The topological polar surface area (TPSA) is 109 Å². The van der Waals surface area contributed by atoms with Gasteiger partial charge in [0.1, 0.15) is 10.6 Å². The molecule has 1 aromatic heterocycles. The van der Waals surface area contributed by atoms with Gasteiger partial charge < -0.3 is 20.1 Å². The lowest BCUT2D eigenvalue weighted by atomic mass is 9.93. The Bertz CT molecular complexity index is 1250. The van der Waals surface area contributed by atoms with Gasteiger partial charge in [-0.3, -0.25) is 4.79 Å². The van der Waals surface area contributed by atoms with Gasteiger partial charge in [0.2, 0.25) is 5.91 Å². The van der Waals surface area contributed by atoms with E-state index in [1.54, 1.807) is 30.3 Å². The van der Waals surface area contributed by atoms with Crippen LogP contribution in [0.2, 0.25) is 0 Å². The van der Waals surface area contributed by atoms with E-state index in [1.165, 1.54) is 23.5 Å². The van der Waals surface area contributed by atoms with Crippen LogP contribution in [0, 0.1) is 11.8 Å². The number of nitrogens with zero attached hydrogens (tertiary/aromatic N) is 1. The second-order valence-electron chi connectivity index (χ2n) is 9.27. The molecule has 10 heteroatoms. The van der Waals surface area contributed by atoms with Gasteiger partial charge >= 0.3 is 10.1 Å². The molecule has 0 bridgehead atoms. The number of aromatic nitrogens is 1. The number of carbonyl (C=O) groups is 1. The number of rotatable bonds is 10. The fraction of sp³-hybridized carbons (Fsp3) is 0.440. The van der Waals surface area contributed by atoms with Crippen LogP contribution in [0.15, 0.2) is 47.4 Å². The van der Waals surface area contributed by atoms with E-state index in [0.29, 0.717) is 28.9 Å². The number of amides is 1. The minimum atomic E-state index is -3.98. The quantitative estimate of drug-likeness (QED) is 0.331. The maximum atomic E-state index is 12.8. The van der Waals surface area contributed by atoms with Gasteiger partial charge in [-0.2, -0.15) is 8.42 Å². The third-order valence-corrected chi connectivity index (χ3v) is 8.10. The monoisotopic (exact) mass is 516 g/mol. The lowest BCUT2D eigenvalue weighted by Crippen LogP contribution is -2.28. The Morgan fingerprint density at radius 1 is 1.17 bits per heavy atom. The molecule has 3 aromatic rings. The summed E-state index contributed by atoms with van der Waals surface area (Å²) in [5.41, 5.74) is 1.53. The second-order valence-corrected chi connectivity index (χ2v) is 11.8. The fourth-order valence-electron chi connectivity index (χ4n) is 3.93. The molecule has 1 aliphatic heterocycles. The summed E-state index contributed by atoms with van der Waals surface area (Å²) in [4.78, 5) is 16.9. The van der Waals surface area contributed by atoms with Crippen LogP contribution in [-0.4, -0.2) is 38.9 Å². The summed E-state index contributed by atoms with van der Waals surface area (Å²) < 4.78 is 31.6. The highest BCUT2D eigenvalue weighted by molar-refractivity contribution is 7.87. The van der Waals surface area contributed by atoms with Crippen LogP contribution in [0.3, 0.4) is 0 Å². The van der Waals surface area contributed by atoms with E-state index in [-0.39, 0.29) is 16.6 Å². The number of nitrogens with one attached hydrogen (secondary N) is 3. The van der Waals surface area contributed by atoms with Gasteiger partial charge in [-0.1, -0.05) is 25.2 Å². The van der Waals surface area contributed by atoms with Crippen molar-refractivity contribution in [2.24, 2.45) is 11.8 Å². The van der Waals surface area contributed by atoms with E-state index in [4.69, 9.17) is 4.18 Å². The summed E-state index contributed by atoms with van der Waals surface area (Å²) >= 11 is 1.30. The van der Waals surface area contributed by atoms with Crippen LogP contribution in [0.4, 0.5) is 10.8 Å².